The number of carbonyl (C=O) groups excluding carboxylic acids is 1. The third kappa shape index (κ3) is 3.33. The van der Waals surface area contributed by atoms with Crippen LogP contribution < -0.4 is 0 Å². The Balaban J connectivity index is 1.90. The molecule has 0 saturated carbocycles. The maximum atomic E-state index is 12.5. The van der Waals surface area contributed by atoms with Crippen LogP contribution in [0.3, 0.4) is 0 Å². The lowest BCUT2D eigenvalue weighted by Crippen LogP contribution is -2.05. The van der Waals surface area contributed by atoms with Gasteiger partial charge in [0.25, 0.3) is 0 Å². The van der Waals surface area contributed by atoms with Gasteiger partial charge in [-0.1, -0.05) is 35.9 Å². The number of ether oxygens (including phenoxy) is 1. The highest BCUT2D eigenvalue weighted by atomic mass is 35.5. The molecule has 0 aliphatic carbocycles. The van der Waals surface area contributed by atoms with E-state index in [2.05, 4.69) is 4.99 Å². The fourth-order valence-electron chi connectivity index (χ4n) is 2.09. The molecule has 0 fully saturated rings. The van der Waals surface area contributed by atoms with E-state index < -0.39 is 17.7 Å². The quantitative estimate of drug-likeness (QED) is 0.581. The highest BCUT2D eigenvalue weighted by Crippen LogP contribution is 2.30. The van der Waals surface area contributed by atoms with Crippen molar-refractivity contribution in [2.24, 2.45) is 4.99 Å². The summed E-state index contributed by atoms with van der Waals surface area (Å²) in [5.41, 5.74) is 0.0889. The van der Waals surface area contributed by atoms with E-state index in [4.69, 9.17) is 16.3 Å². The van der Waals surface area contributed by atoms with E-state index in [0.717, 1.165) is 12.1 Å². The van der Waals surface area contributed by atoms with Crippen LogP contribution in [0.4, 0.5) is 13.2 Å². The summed E-state index contributed by atoms with van der Waals surface area (Å²) >= 11 is 6.02. The Morgan fingerprint density at radius 1 is 1.04 bits per heavy atom. The van der Waals surface area contributed by atoms with Crippen molar-refractivity contribution >= 4 is 29.5 Å². The van der Waals surface area contributed by atoms with Crippen LogP contribution in [-0.2, 0) is 15.7 Å². The molecule has 1 aliphatic rings. The van der Waals surface area contributed by atoms with Crippen molar-refractivity contribution in [1.82, 2.24) is 0 Å². The molecule has 7 heteroatoms. The lowest BCUT2D eigenvalue weighted by molar-refractivity contribution is -0.137. The third-order valence-corrected chi connectivity index (χ3v) is 3.60. The number of cyclic esters (lactones) is 1. The number of hydrogen-bond donors (Lipinski definition) is 0. The first-order valence-electron chi connectivity index (χ1n) is 6.79. The average Bonchev–Trinajstić information content (AvgIpc) is 2.88. The number of nitrogens with zero attached hydrogens (tertiary/aromatic N) is 1. The molecule has 0 aromatic heterocycles. The van der Waals surface area contributed by atoms with Gasteiger partial charge in [0, 0.05) is 0 Å². The zero-order valence-electron chi connectivity index (χ0n) is 12.0. The topological polar surface area (TPSA) is 38.7 Å². The molecule has 3 nitrogen and oxygen atoms in total. The van der Waals surface area contributed by atoms with Gasteiger partial charge >= 0.3 is 12.1 Å². The summed E-state index contributed by atoms with van der Waals surface area (Å²) in [5.74, 6) is -0.631. The van der Waals surface area contributed by atoms with Crippen molar-refractivity contribution in [3.63, 3.8) is 0 Å². The number of esters is 1. The number of rotatable bonds is 2. The van der Waals surface area contributed by atoms with Crippen LogP contribution in [0.15, 0.2) is 59.2 Å². The van der Waals surface area contributed by atoms with Gasteiger partial charge in [-0.2, -0.15) is 13.2 Å². The summed E-state index contributed by atoms with van der Waals surface area (Å²) in [6, 6.07) is 11.1. The summed E-state index contributed by atoms with van der Waals surface area (Å²) in [4.78, 5) is 15.9. The minimum atomic E-state index is -4.41. The summed E-state index contributed by atoms with van der Waals surface area (Å²) in [6.45, 7) is 0. The minimum absolute atomic E-state index is 0.00956. The van der Waals surface area contributed by atoms with E-state index in [1.165, 1.54) is 18.2 Å². The van der Waals surface area contributed by atoms with Crippen molar-refractivity contribution in [2.45, 2.75) is 6.18 Å². The van der Waals surface area contributed by atoms with Crippen LogP contribution >= 0.6 is 11.6 Å². The summed E-state index contributed by atoms with van der Waals surface area (Å²) in [7, 11) is 0. The Kier molecular flexibility index (Phi) is 4.15. The minimum Gasteiger partial charge on any atom is -0.402 e. The monoisotopic (exact) mass is 351 g/mol. The maximum Gasteiger partial charge on any atom is 0.416 e. The first kappa shape index (κ1) is 16.3. The molecule has 24 heavy (non-hydrogen) atoms. The van der Waals surface area contributed by atoms with Crippen LogP contribution in [0.5, 0.6) is 0 Å². The van der Waals surface area contributed by atoms with E-state index in [-0.39, 0.29) is 11.6 Å². The zero-order valence-corrected chi connectivity index (χ0v) is 12.7. The van der Waals surface area contributed by atoms with E-state index in [9.17, 15) is 18.0 Å². The van der Waals surface area contributed by atoms with Crippen LogP contribution in [0.25, 0.3) is 6.08 Å². The van der Waals surface area contributed by atoms with Gasteiger partial charge in [-0.15, -0.1) is 0 Å². The summed E-state index contributed by atoms with van der Waals surface area (Å²) in [6.07, 6.45) is -3.06. The molecule has 0 spiro atoms. The van der Waals surface area contributed by atoms with E-state index >= 15 is 0 Å². The van der Waals surface area contributed by atoms with E-state index in [1.54, 1.807) is 24.3 Å². The fraction of sp³-hybridized carbons (Fsp3) is 0.0588. The van der Waals surface area contributed by atoms with Gasteiger partial charge in [-0.25, -0.2) is 9.79 Å². The van der Waals surface area contributed by atoms with Gasteiger partial charge in [-0.3, -0.25) is 0 Å². The van der Waals surface area contributed by atoms with Gasteiger partial charge in [-0.05, 0) is 35.9 Å². The number of hydrogen-bond acceptors (Lipinski definition) is 3. The molecule has 0 saturated heterocycles. The molecular formula is C17H9ClF3NO2. The lowest BCUT2D eigenvalue weighted by Gasteiger charge is -2.05. The average molecular weight is 352 g/mol. The smallest absolute Gasteiger partial charge is 0.402 e. The number of carbonyl (C=O) groups is 1. The van der Waals surface area contributed by atoms with Gasteiger partial charge in [0.1, 0.15) is 0 Å². The normalized spacial score (nSPS) is 16.2. The second kappa shape index (κ2) is 6.13. The molecule has 2 aromatic carbocycles. The first-order valence-corrected chi connectivity index (χ1v) is 7.17. The van der Waals surface area contributed by atoms with E-state index in [0.29, 0.717) is 16.1 Å². The molecule has 122 valence electrons. The highest BCUT2D eigenvalue weighted by Gasteiger charge is 2.30. The summed E-state index contributed by atoms with van der Waals surface area (Å²) < 4.78 is 42.7. The van der Waals surface area contributed by atoms with Crippen molar-refractivity contribution < 1.29 is 22.7 Å². The van der Waals surface area contributed by atoms with Gasteiger partial charge < -0.3 is 4.74 Å². The molecule has 0 N–H and O–H groups in total. The molecular weight excluding hydrogens is 343 g/mol. The lowest BCUT2D eigenvalue weighted by atomic mass is 10.1. The van der Waals surface area contributed by atoms with Gasteiger partial charge in [0.05, 0.1) is 16.1 Å². The standard InChI is InChI=1S/C17H9ClF3NO2/c18-13-4-2-1-3-12(13)15-22-14(16(23)24-15)9-10-5-7-11(8-6-10)17(19,20)21/h1-9H/b14-9+. The SMILES string of the molecule is O=C1OC(c2ccccc2Cl)=N/C1=C/c1ccc(C(F)(F)F)cc1. The Labute approximate surface area is 140 Å². The Hall–Kier alpha value is -2.60. The van der Waals surface area contributed by atoms with Gasteiger partial charge in [0.2, 0.25) is 5.90 Å². The molecule has 1 heterocycles. The molecule has 1 aliphatic heterocycles. The number of halogens is 4. The van der Waals surface area contributed by atoms with Crippen LogP contribution in [-0.4, -0.2) is 11.9 Å². The molecule has 0 unspecified atom stereocenters. The van der Waals surface area contributed by atoms with Crippen molar-refractivity contribution in [1.29, 1.82) is 0 Å². The zero-order chi connectivity index (χ0) is 17.3. The largest absolute Gasteiger partial charge is 0.416 e. The third-order valence-electron chi connectivity index (χ3n) is 3.27. The Morgan fingerprint density at radius 2 is 1.71 bits per heavy atom. The summed E-state index contributed by atoms with van der Waals surface area (Å²) in [5, 5.41) is 0.375. The molecule has 3 rings (SSSR count). The second-order valence-electron chi connectivity index (χ2n) is 4.94. The first-order chi connectivity index (χ1) is 11.3. The molecule has 0 bridgehead atoms. The van der Waals surface area contributed by atoms with Crippen LogP contribution in [0.1, 0.15) is 16.7 Å². The van der Waals surface area contributed by atoms with E-state index in [1.807, 2.05) is 0 Å². The number of benzene rings is 2. The number of aliphatic imine (C=N–C) groups is 1. The predicted octanol–water partition coefficient (Wildman–Crippen LogP) is 4.70. The molecule has 2 aromatic rings. The van der Waals surface area contributed by atoms with Gasteiger partial charge in [0.15, 0.2) is 5.70 Å². The van der Waals surface area contributed by atoms with Crippen LogP contribution in [0, 0.1) is 0 Å². The molecule has 0 atom stereocenters. The predicted molar refractivity (Wildman–Crippen MR) is 83.5 cm³/mol. The van der Waals surface area contributed by atoms with Crippen molar-refractivity contribution in [3.05, 3.63) is 75.9 Å². The van der Waals surface area contributed by atoms with Crippen molar-refractivity contribution in [2.75, 3.05) is 0 Å². The molecule has 0 radical (unpaired) electrons. The maximum absolute atomic E-state index is 12.5. The molecule has 0 amide bonds. The Bertz CT molecular complexity index is 855. The highest BCUT2D eigenvalue weighted by molar-refractivity contribution is 6.34. The second-order valence-corrected chi connectivity index (χ2v) is 5.34. The Morgan fingerprint density at radius 3 is 2.33 bits per heavy atom. The van der Waals surface area contributed by atoms with Crippen molar-refractivity contribution in [3.8, 4) is 0 Å². The fourth-order valence-corrected chi connectivity index (χ4v) is 2.30. The number of alkyl halides is 3. The van der Waals surface area contributed by atoms with Crippen LogP contribution in [0.2, 0.25) is 5.02 Å².